The Morgan fingerprint density at radius 2 is 1.86 bits per heavy atom. The van der Waals surface area contributed by atoms with Gasteiger partial charge in [0.15, 0.2) is 0 Å². The van der Waals surface area contributed by atoms with Crippen molar-refractivity contribution in [1.82, 2.24) is 15.6 Å². The fourth-order valence-corrected chi connectivity index (χ4v) is 3.82. The van der Waals surface area contributed by atoms with Crippen LogP contribution >= 0.6 is 22.9 Å². The van der Waals surface area contributed by atoms with Gasteiger partial charge < -0.3 is 10.6 Å². The maximum atomic E-state index is 12.4. The lowest BCUT2D eigenvalue weighted by Crippen LogP contribution is -2.37. The van der Waals surface area contributed by atoms with Gasteiger partial charge in [-0.2, -0.15) is 0 Å². The van der Waals surface area contributed by atoms with Gasteiger partial charge in [-0.3, -0.25) is 9.59 Å². The minimum Gasteiger partial charge on any atom is -0.354 e. The molecular weight excluding hydrogens is 394 g/mol. The van der Waals surface area contributed by atoms with Crippen LogP contribution in [0.2, 0.25) is 5.02 Å². The zero-order chi connectivity index (χ0) is 19.9. The van der Waals surface area contributed by atoms with Crippen molar-refractivity contribution in [3.05, 3.63) is 75.8 Å². The number of carbonyl (C=O) groups is 2. The summed E-state index contributed by atoms with van der Waals surface area (Å²) >= 11 is 7.31. The van der Waals surface area contributed by atoms with Crippen molar-refractivity contribution in [3.8, 4) is 10.6 Å². The maximum Gasteiger partial charge on any atom is 0.263 e. The second-order valence-corrected chi connectivity index (χ2v) is 7.65. The molecule has 2 amide bonds. The molecule has 2 aromatic carbocycles. The first-order valence-corrected chi connectivity index (χ1v) is 10.0. The van der Waals surface area contributed by atoms with Crippen molar-refractivity contribution in [2.45, 2.75) is 13.3 Å². The predicted molar refractivity (Wildman–Crippen MR) is 113 cm³/mol. The fraction of sp³-hybridized carbons (Fsp3) is 0.190. The lowest BCUT2D eigenvalue weighted by molar-refractivity contribution is -0.120. The van der Waals surface area contributed by atoms with E-state index in [2.05, 4.69) is 15.6 Å². The quantitative estimate of drug-likeness (QED) is 0.617. The van der Waals surface area contributed by atoms with Crippen LogP contribution in [0, 0.1) is 6.92 Å². The second-order valence-electron chi connectivity index (χ2n) is 6.21. The first kappa shape index (κ1) is 20.0. The van der Waals surface area contributed by atoms with Crippen molar-refractivity contribution in [2.24, 2.45) is 0 Å². The van der Waals surface area contributed by atoms with Gasteiger partial charge in [0.1, 0.15) is 9.88 Å². The Morgan fingerprint density at radius 3 is 2.61 bits per heavy atom. The van der Waals surface area contributed by atoms with E-state index in [1.165, 1.54) is 11.3 Å². The first-order valence-electron chi connectivity index (χ1n) is 8.85. The summed E-state index contributed by atoms with van der Waals surface area (Å²) in [5, 5.41) is 6.80. The molecule has 0 fully saturated rings. The SMILES string of the molecule is Cc1nc(-c2cccc(Cl)c2)sc1C(=O)NCC(=O)NCCc1ccccc1. The van der Waals surface area contributed by atoms with E-state index in [-0.39, 0.29) is 18.4 Å². The summed E-state index contributed by atoms with van der Waals surface area (Å²) in [6.07, 6.45) is 0.747. The van der Waals surface area contributed by atoms with E-state index in [0.29, 0.717) is 22.1 Å². The molecule has 0 spiro atoms. The number of thiazole rings is 1. The number of benzene rings is 2. The van der Waals surface area contributed by atoms with Gasteiger partial charge in [0.25, 0.3) is 5.91 Å². The average molecular weight is 414 g/mol. The molecule has 0 unspecified atom stereocenters. The molecule has 0 atom stereocenters. The van der Waals surface area contributed by atoms with E-state index < -0.39 is 0 Å². The Balaban J connectivity index is 1.51. The third-order valence-electron chi connectivity index (χ3n) is 4.06. The molecule has 2 N–H and O–H groups in total. The number of nitrogens with one attached hydrogen (secondary N) is 2. The molecule has 3 rings (SSSR count). The molecule has 144 valence electrons. The highest BCUT2D eigenvalue weighted by Crippen LogP contribution is 2.29. The highest BCUT2D eigenvalue weighted by molar-refractivity contribution is 7.17. The molecule has 0 bridgehead atoms. The van der Waals surface area contributed by atoms with Crippen LogP contribution in [0.1, 0.15) is 20.9 Å². The van der Waals surface area contributed by atoms with Gasteiger partial charge in [-0.1, -0.05) is 54.1 Å². The Bertz CT molecular complexity index is 973. The third kappa shape index (κ3) is 5.41. The van der Waals surface area contributed by atoms with Gasteiger partial charge in [0.2, 0.25) is 5.91 Å². The standard InChI is InChI=1S/C21H20ClN3O2S/c1-14-19(28-21(25-14)16-8-5-9-17(22)12-16)20(27)24-13-18(26)23-11-10-15-6-3-2-4-7-15/h2-9,12H,10-11,13H2,1H3,(H,23,26)(H,24,27). The van der Waals surface area contributed by atoms with E-state index in [4.69, 9.17) is 11.6 Å². The number of halogens is 1. The minimum atomic E-state index is -0.304. The zero-order valence-electron chi connectivity index (χ0n) is 15.4. The van der Waals surface area contributed by atoms with Gasteiger partial charge in [-0.15, -0.1) is 11.3 Å². The molecule has 0 saturated carbocycles. The average Bonchev–Trinajstić information content (AvgIpc) is 3.09. The lowest BCUT2D eigenvalue weighted by Gasteiger charge is -2.06. The Kier molecular flexibility index (Phi) is 6.79. The molecule has 0 saturated heterocycles. The Labute approximate surface area is 172 Å². The van der Waals surface area contributed by atoms with Crippen LogP contribution in [0.25, 0.3) is 10.6 Å². The van der Waals surface area contributed by atoms with E-state index in [1.54, 1.807) is 13.0 Å². The zero-order valence-corrected chi connectivity index (χ0v) is 16.9. The largest absolute Gasteiger partial charge is 0.354 e. The molecule has 1 aromatic heterocycles. The topological polar surface area (TPSA) is 71.1 Å². The highest BCUT2D eigenvalue weighted by Gasteiger charge is 2.17. The summed E-state index contributed by atoms with van der Waals surface area (Å²) in [4.78, 5) is 29.3. The number of hydrogen-bond donors (Lipinski definition) is 2. The van der Waals surface area contributed by atoms with E-state index >= 15 is 0 Å². The van der Waals surface area contributed by atoms with E-state index in [0.717, 1.165) is 22.6 Å². The molecule has 0 aliphatic heterocycles. The molecule has 0 aliphatic carbocycles. The highest BCUT2D eigenvalue weighted by atomic mass is 35.5. The summed E-state index contributed by atoms with van der Waals surface area (Å²) < 4.78 is 0. The van der Waals surface area contributed by atoms with Crippen molar-refractivity contribution in [1.29, 1.82) is 0 Å². The molecule has 1 heterocycles. The maximum absolute atomic E-state index is 12.4. The first-order chi connectivity index (χ1) is 13.5. The van der Waals surface area contributed by atoms with Crippen LogP contribution in [0.5, 0.6) is 0 Å². The Hall–Kier alpha value is -2.70. The fourth-order valence-electron chi connectivity index (χ4n) is 2.65. The Morgan fingerprint density at radius 1 is 1.07 bits per heavy atom. The van der Waals surface area contributed by atoms with Crippen molar-refractivity contribution in [3.63, 3.8) is 0 Å². The monoisotopic (exact) mass is 413 g/mol. The molecule has 28 heavy (non-hydrogen) atoms. The van der Waals surface area contributed by atoms with Gasteiger partial charge in [-0.05, 0) is 31.0 Å². The van der Waals surface area contributed by atoms with Crippen LogP contribution in [-0.4, -0.2) is 29.9 Å². The number of aromatic nitrogens is 1. The summed E-state index contributed by atoms with van der Waals surface area (Å²) in [7, 11) is 0. The van der Waals surface area contributed by atoms with Gasteiger partial charge >= 0.3 is 0 Å². The van der Waals surface area contributed by atoms with Crippen molar-refractivity contribution in [2.75, 3.05) is 13.1 Å². The third-order valence-corrected chi connectivity index (χ3v) is 5.50. The molecule has 3 aromatic rings. The van der Waals surface area contributed by atoms with Gasteiger partial charge in [0, 0.05) is 17.1 Å². The predicted octanol–water partition coefficient (Wildman–Crippen LogP) is 3.86. The van der Waals surface area contributed by atoms with Crippen LogP contribution in [0.3, 0.4) is 0 Å². The number of carbonyl (C=O) groups excluding carboxylic acids is 2. The minimum absolute atomic E-state index is 0.0720. The van der Waals surface area contributed by atoms with Crippen LogP contribution in [-0.2, 0) is 11.2 Å². The number of hydrogen-bond acceptors (Lipinski definition) is 4. The number of nitrogens with zero attached hydrogens (tertiary/aromatic N) is 1. The molecular formula is C21H20ClN3O2S. The lowest BCUT2D eigenvalue weighted by atomic mass is 10.1. The summed E-state index contributed by atoms with van der Waals surface area (Å²) in [5.74, 6) is -0.525. The molecule has 7 heteroatoms. The van der Waals surface area contributed by atoms with Gasteiger partial charge in [0.05, 0.1) is 12.2 Å². The summed E-state index contributed by atoms with van der Waals surface area (Å²) in [6.45, 7) is 2.23. The normalized spacial score (nSPS) is 10.5. The molecule has 0 radical (unpaired) electrons. The molecule has 0 aliphatic rings. The van der Waals surface area contributed by atoms with Crippen molar-refractivity contribution < 1.29 is 9.59 Å². The summed E-state index contributed by atoms with van der Waals surface area (Å²) in [5.41, 5.74) is 2.64. The van der Waals surface area contributed by atoms with Crippen LogP contribution in [0.4, 0.5) is 0 Å². The van der Waals surface area contributed by atoms with Gasteiger partial charge in [-0.25, -0.2) is 4.98 Å². The van der Waals surface area contributed by atoms with Crippen LogP contribution < -0.4 is 10.6 Å². The van der Waals surface area contributed by atoms with E-state index in [9.17, 15) is 9.59 Å². The number of aryl methyl sites for hydroxylation is 1. The smallest absolute Gasteiger partial charge is 0.263 e. The molecule has 5 nitrogen and oxygen atoms in total. The van der Waals surface area contributed by atoms with Crippen molar-refractivity contribution >= 4 is 34.8 Å². The number of rotatable bonds is 7. The van der Waals surface area contributed by atoms with E-state index in [1.807, 2.05) is 48.5 Å². The summed E-state index contributed by atoms with van der Waals surface area (Å²) in [6, 6.07) is 17.2. The number of amides is 2. The second kappa shape index (κ2) is 9.48. The van der Waals surface area contributed by atoms with Crippen LogP contribution in [0.15, 0.2) is 54.6 Å².